The molecule has 0 spiro atoms. The van der Waals surface area contributed by atoms with Gasteiger partial charge in [0.1, 0.15) is 16.7 Å². The molecular weight excluding hydrogens is 294 g/mol. The maximum atomic E-state index is 13.7. The zero-order chi connectivity index (χ0) is 15.4. The molecule has 0 saturated heterocycles. The number of nitrogens with zero attached hydrogens (tertiary/aromatic N) is 1. The van der Waals surface area contributed by atoms with Gasteiger partial charge in [0.15, 0.2) is 0 Å². The van der Waals surface area contributed by atoms with Crippen LogP contribution in [0.4, 0.5) is 8.78 Å². The lowest BCUT2D eigenvalue weighted by molar-refractivity contribution is 0.0935. The molecule has 0 aliphatic carbocycles. The van der Waals surface area contributed by atoms with Gasteiger partial charge >= 0.3 is 0 Å². The van der Waals surface area contributed by atoms with Gasteiger partial charge in [0.2, 0.25) is 0 Å². The zero-order valence-corrected chi connectivity index (χ0v) is 12.4. The first-order valence-electron chi connectivity index (χ1n) is 6.27. The minimum atomic E-state index is -0.681. The van der Waals surface area contributed by atoms with Crippen molar-refractivity contribution in [2.45, 2.75) is 18.0 Å². The number of carbonyl (C=O) groups excluding carboxylic acids is 1. The van der Waals surface area contributed by atoms with E-state index in [-0.39, 0.29) is 11.5 Å². The normalized spacial score (nSPS) is 12.0. The van der Waals surface area contributed by atoms with Crippen LogP contribution in [0, 0.1) is 11.6 Å². The Kier molecular flexibility index (Phi) is 4.90. The number of carbonyl (C=O) groups is 1. The summed E-state index contributed by atoms with van der Waals surface area (Å²) in [6, 6.07) is 6.04. The summed E-state index contributed by atoms with van der Waals surface area (Å²) in [4.78, 5) is 16.3. The highest BCUT2D eigenvalue weighted by Crippen LogP contribution is 2.20. The van der Waals surface area contributed by atoms with Gasteiger partial charge in [-0.1, -0.05) is 6.07 Å². The van der Waals surface area contributed by atoms with E-state index >= 15 is 0 Å². The fourth-order valence-electron chi connectivity index (χ4n) is 1.93. The summed E-state index contributed by atoms with van der Waals surface area (Å²) < 4.78 is 26.6. The Morgan fingerprint density at radius 3 is 2.76 bits per heavy atom. The summed E-state index contributed by atoms with van der Waals surface area (Å²) in [6.07, 6.45) is 3.42. The highest BCUT2D eigenvalue weighted by molar-refractivity contribution is 7.98. The molecule has 0 aliphatic rings. The second kappa shape index (κ2) is 6.67. The molecular formula is C15H14F2N2OS. The number of thioether (sulfide) groups is 1. The van der Waals surface area contributed by atoms with Crippen molar-refractivity contribution in [1.82, 2.24) is 10.3 Å². The molecule has 0 aliphatic heterocycles. The second-order valence-corrected chi connectivity index (χ2v) is 5.22. The summed E-state index contributed by atoms with van der Waals surface area (Å²) >= 11 is 1.36. The Morgan fingerprint density at radius 1 is 1.33 bits per heavy atom. The van der Waals surface area contributed by atoms with Gasteiger partial charge in [0.05, 0.1) is 11.6 Å². The second-order valence-electron chi connectivity index (χ2n) is 4.42. The molecule has 1 N–H and O–H groups in total. The van der Waals surface area contributed by atoms with Crippen LogP contribution in [0.5, 0.6) is 0 Å². The highest BCUT2D eigenvalue weighted by atomic mass is 32.2. The fraction of sp³-hybridized carbons (Fsp3) is 0.200. The lowest BCUT2D eigenvalue weighted by atomic mass is 10.1. The summed E-state index contributed by atoms with van der Waals surface area (Å²) in [5.74, 6) is -1.67. The molecule has 21 heavy (non-hydrogen) atoms. The minimum absolute atomic E-state index is 0.236. The summed E-state index contributed by atoms with van der Waals surface area (Å²) in [6.45, 7) is 1.64. The Hall–Kier alpha value is -1.95. The van der Waals surface area contributed by atoms with Crippen LogP contribution < -0.4 is 5.32 Å². The first kappa shape index (κ1) is 15.4. The number of amides is 1. The predicted octanol–water partition coefficient (Wildman–Crippen LogP) is 3.57. The van der Waals surface area contributed by atoms with Crippen molar-refractivity contribution in [2.24, 2.45) is 0 Å². The van der Waals surface area contributed by atoms with E-state index in [2.05, 4.69) is 10.3 Å². The zero-order valence-electron chi connectivity index (χ0n) is 11.6. The number of halogens is 2. The highest BCUT2D eigenvalue weighted by Gasteiger charge is 2.17. The van der Waals surface area contributed by atoms with E-state index < -0.39 is 17.7 Å². The largest absolute Gasteiger partial charge is 0.345 e. The number of aromatic nitrogens is 1. The van der Waals surface area contributed by atoms with Crippen LogP contribution in [-0.4, -0.2) is 17.1 Å². The van der Waals surface area contributed by atoms with Crippen molar-refractivity contribution in [3.63, 3.8) is 0 Å². The van der Waals surface area contributed by atoms with E-state index in [1.165, 1.54) is 23.9 Å². The minimum Gasteiger partial charge on any atom is -0.345 e. The number of benzene rings is 1. The number of nitrogens with one attached hydrogen (secondary N) is 1. The molecule has 0 fully saturated rings. The van der Waals surface area contributed by atoms with Gasteiger partial charge in [-0.3, -0.25) is 4.79 Å². The van der Waals surface area contributed by atoms with Crippen molar-refractivity contribution < 1.29 is 13.6 Å². The third-order valence-electron chi connectivity index (χ3n) is 2.99. The van der Waals surface area contributed by atoms with Crippen molar-refractivity contribution >= 4 is 17.7 Å². The summed E-state index contributed by atoms with van der Waals surface area (Å²) in [5.41, 5.74) is 0.665. The van der Waals surface area contributed by atoms with Crippen molar-refractivity contribution in [1.29, 1.82) is 0 Å². The van der Waals surface area contributed by atoms with Crippen LogP contribution in [0.3, 0.4) is 0 Å². The summed E-state index contributed by atoms with van der Waals surface area (Å²) in [5, 5.41) is 3.29. The van der Waals surface area contributed by atoms with E-state index in [0.717, 1.165) is 6.07 Å². The van der Waals surface area contributed by atoms with Crippen LogP contribution in [0.15, 0.2) is 41.6 Å². The van der Waals surface area contributed by atoms with Gasteiger partial charge in [-0.25, -0.2) is 13.8 Å². The third-order valence-corrected chi connectivity index (χ3v) is 3.70. The standard InChI is InChI=1S/C15H14F2N2OS/c1-9(11-6-5-10(16)8-13(11)17)19-14(20)12-4-3-7-18-15(12)21-2/h3-9H,1-2H3,(H,19,20)/t9-/m1/s1. The van der Waals surface area contributed by atoms with Gasteiger partial charge in [0, 0.05) is 17.8 Å². The molecule has 1 heterocycles. The van der Waals surface area contributed by atoms with E-state index in [0.29, 0.717) is 10.6 Å². The number of pyridine rings is 1. The first-order valence-corrected chi connectivity index (χ1v) is 7.50. The lowest BCUT2D eigenvalue weighted by Crippen LogP contribution is -2.27. The molecule has 0 radical (unpaired) electrons. The van der Waals surface area contributed by atoms with Gasteiger partial charge in [0.25, 0.3) is 5.91 Å². The molecule has 2 aromatic rings. The van der Waals surface area contributed by atoms with E-state index in [1.54, 1.807) is 25.3 Å². The fourth-order valence-corrected chi connectivity index (χ4v) is 2.48. The third kappa shape index (κ3) is 3.58. The average Bonchev–Trinajstić information content (AvgIpc) is 2.46. The van der Waals surface area contributed by atoms with E-state index in [1.807, 2.05) is 6.26 Å². The Morgan fingerprint density at radius 2 is 2.10 bits per heavy atom. The van der Waals surface area contributed by atoms with Gasteiger partial charge in [-0.2, -0.15) is 0 Å². The molecule has 1 atom stereocenters. The van der Waals surface area contributed by atoms with E-state index in [4.69, 9.17) is 0 Å². The van der Waals surface area contributed by atoms with Crippen LogP contribution >= 0.6 is 11.8 Å². The molecule has 1 amide bonds. The number of hydrogen-bond acceptors (Lipinski definition) is 3. The van der Waals surface area contributed by atoms with Gasteiger partial charge in [-0.15, -0.1) is 11.8 Å². The number of hydrogen-bond donors (Lipinski definition) is 1. The smallest absolute Gasteiger partial charge is 0.254 e. The molecule has 0 bridgehead atoms. The predicted molar refractivity (Wildman–Crippen MR) is 78.3 cm³/mol. The molecule has 1 aromatic carbocycles. The first-order chi connectivity index (χ1) is 10.0. The van der Waals surface area contributed by atoms with Crippen molar-refractivity contribution in [3.05, 3.63) is 59.3 Å². The van der Waals surface area contributed by atoms with Gasteiger partial charge < -0.3 is 5.32 Å². The van der Waals surface area contributed by atoms with Crippen LogP contribution in [0.2, 0.25) is 0 Å². The molecule has 6 heteroatoms. The van der Waals surface area contributed by atoms with Crippen LogP contribution in [0.1, 0.15) is 28.9 Å². The Labute approximate surface area is 125 Å². The molecule has 0 saturated carbocycles. The average molecular weight is 308 g/mol. The SMILES string of the molecule is CSc1ncccc1C(=O)N[C@H](C)c1ccc(F)cc1F. The molecule has 2 rings (SSSR count). The van der Waals surface area contributed by atoms with Gasteiger partial charge in [-0.05, 0) is 31.4 Å². The maximum absolute atomic E-state index is 13.7. The molecule has 110 valence electrons. The topological polar surface area (TPSA) is 42.0 Å². The quantitative estimate of drug-likeness (QED) is 0.878. The van der Waals surface area contributed by atoms with Crippen molar-refractivity contribution in [2.75, 3.05) is 6.26 Å². The molecule has 1 aromatic heterocycles. The summed E-state index contributed by atoms with van der Waals surface area (Å²) in [7, 11) is 0. The molecule has 0 unspecified atom stereocenters. The Balaban J connectivity index is 2.19. The lowest BCUT2D eigenvalue weighted by Gasteiger charge is -2.16. The Bertz CT molecular complexity index is 664. The van der Waals surface area contributed by atoms with Crippen LogP contribution in [0.25, 0.3) is 0 Å². The van der Waals surface area contributed by atoms with Crippen molar-refractivity contribution in [3.8, 4) is 0 Å². The van der Waals surface area contributed by atoms with E-state index in [9.17, 15) is 13.6 Å². The molecule has 3 nitrogen and oxygen atoms in total. The number of rotatable bonds is 4. The monoisotopic (exact) mass is 308 g/mol. The maximum Gasteiger partial charge on any atom is 0.254 e. The van der Waals surface area contributed by atoms with Crippen LogP contribution in [-0.2, 0) is 0 Å².